The predicted molar refractivity (Wildman–Crippen MR) is 70.3 cm³/mol. The molecule has 0 heterocycles. The number of carbonyl (C=O) groups is 1. The van der Waals surface area contributed by atoms with Crippen LogP contribution in [0.5, 0.6) is 0 Å². The first kappa shape index (κ1) is 14.7. The van der Waals surface area contributed by atoms with Gasteiger partial charge in [-0.3, -0.25) is 9.00 Å². The normalized spacial score (nSPS) is 28.4. The molecule has 3 nitrogen and oxygen atoms in total. The lowest BCUT2D eigenvalue weighted by Crippen LogP contribution is -2.30. The molecular formula is C13H24O3S. The van der Waals surface area contributed by atoms with E-state index in [1.165, 1.54) is 26.4 Å². The summed E-state index contributed by atoms with van der Waals surface area (Å²) in [4.78, 5) is 11.2. The van der Waals surface area contributed by atoms with E-state index in [1.54, 1.807) is 0 Å². The smallest absolute Gasteiger partial charge is 0.306 e. The Bertz CT molecular complexity index is 278. The number of rotatable bonds is 5. The fourth-order valence-electron chi connectivity index (χ4n) is 2.55. The van der Waals surface area contributed by atoms with Gasteiger partial charge in [0, 0.05) is 21.3 Å². The molecule has 0 bridgehead atoms. The van der Waals surface area contributed by atoms with Crippen LogP contribution in [0.25, 0.3) is 0 Å². The van der Waals surface area contributed by atoms with Crippen LogP contribution in [0.15, 0.2) is 0 Å². The first-order valence-corrected chi connectivity index (χ1v) is 7.82. The van der Waals surface area contributed by atoms with Crippen molar-refractivity contribution < 1.29 is 13.7 Å². The first-order chi connectivity index (χ1) is 8.08. The molecule has 1 aliphatic carbocycles. The van der Waals surface area contributed by atoms with E-state index >= 15 is 0 Å². The molecule has 0 N–H and O–H groups in total. The molecule has 4 atom stereocenters. The van der Waals surface area contributed by atoms with Crippen molar-refractivity contribution in [3.8, 4) is 0 Å². The molecule has 4 unspecified atom stereocenters. The average molecular weight is 260 g/mol. The van der Waals surface area contributed by atoms with Gasteiger partial charge in [0.1, 0.15) is 0 Å². The van der Waals surface area contributed by atoms with E-state index in [1.807, 2.05) is 6.92 Å². The summed E-state index contributed by atoms with van der Waals surface area (Å²) in [6, 6.07) is 0. The number of hydrogen-bond donors (Lipinski definition) is 0. The van der Waals surface area contributed by atoms with Crippen LogP contribution in [0, 0.1) is 5.92 Å². The third-order valence-corrected chi connectivity index (χ3v) is 5.76. The minimum Gasteiger partial charge on any atom is -0.469 e. The molecule has 0 spiro atoms. The van der Waals surface area contributed by atoms with Gasteiger partial charge in [0.2, 0.25) is 0 Å². The molecule has 0 radical (unpaired) electrons. The molecule has 0 aliphatic heterocycles. The van der Waals surface area contributed by atoms with Crippen LogP contribution in [-0.4, -0.2) is 27.8 Å². The van der Waals surface area contributed by atoms with E-state index in [0.717, 1.165) is 18.8 Å². The first-order valence-electron chi connectivity index (χ1n) is 6.54. The average Bonchev–Trinajstić information content (AvgIpc) is 2.37. The van der Waals surface area contributed by atoms with Gasteiger partial charge in [-0.05, 0) is 18.8 Å². The highest BCUT2D eigenvalue weighted by molar-refractivity contribution is 7.86. The van der Waals surface area contributed by atoms with Crippen molar-refractivity contribution in [2.24, 2.45) is 5.92 Å². The number of carbonyl (C=O) groups excluding carboxylic acids is 1. The highest BCUT2D eigenvalue weighted by Gasteiger charge is 2.29. The van der Waals surface area contributed by atoms with Crippen LogP contribution < -0.4 is 0 Å². The monoisotopic (exact) mass is 260 g/mol. The van der Waals surface area contributed by atoms with Crippen molar-refractivity contribution in [1.82, 2.24) is 0 Å². The zero-order valence-electron chi connectivity index (χ0n) is 11.1. The SMILES string of the molecule is CCC1CCCC(S(=O)C(C)CC(=O)OC)C1. The number of hydrogen-bond acceptors (Lipinski definition) is 3. The summed E-state index contributed by atoms with van der Waals surface area (Å²) in [6.45, 7) is 4.09. The van der Waals surface area contributed by atoms with Crippen molar-refractivity contribution in [2.75, 3.05) is 7.11 Å². The molecule has 1 fully saturated rings. The van der Waals surface area contributed by atoms with E-state index in [2.05, 4.69) is 11.7 Å². The predicted octanol–water partition coefficient (Wildman–Crippen LogP) is 2.66. The summed E-state index contributed by atoms with van der Waals surface area (Å²) in [5.41, 5.74) is 0. The fourth-order valence-corrected chi connectivity index (χ4v) is 4.37. The lowest BCUT2D eigenvalue weighted by molar-refractivity contribution is -0.140. The van der Waals surface area contributed by atoms with Gasteiger partial charge in [0.05, 0.1) is 13.5 Å². The van der Waals surface area contributed by atoms with Crippen molar-refractivity contribution in [3.05, 3.63) is 0 Å². The van der Waals surface area contributed by atoms with Crippen molar-refractivity contribution >= 4 is 16.8 Å². The maximum Gasteiger partial charge on any atom is 0.306 e. The van der Waals surface area contributed by atoms with Gasteiger partial charge < -0.3 is 4.74 Å². The zero-order chi connectivity index (χ0) is 12.8. The maximum absolute atomic E-state index is 12.3. The Morgan fingerprint density at radius 2 is 2.18 bits per heavy atom. The maximum atomic E-state index is 12.3. The molecule has 0 aromatic heterocycles. The van der Waals surface area contributed by atoms with E-state index in [0.29, 0.717) is 0 Å². The second-order valence-corrected chi connectivity index (χ2v) is 7.11. The van der Waals surface area contributed by atoms with Crippen molar-refractivity contribution in [1.29, 1.82) is 0 Å². The Morgan fingerprint density at radius 1 is 1.47 bits per heavy atom. The van der Waals surface area contributed by atoms with Gasteiger partial charge in [-0.1, -0.05) is 33.1 Å². The van der Waals surface area contributed by atoms with E-state index < -0.39 is 10.8 Å². The van der Waals surface area contributed by atoms with Crippen LogP contribution in [0.4, 0.5) is 0 Å². The van der Waals surface area contributed by atoms with E-state index in [9.17, 15) is 9.00 Å². The highest BCUT2D eigenvalue weighted by atomic mass is 32.2. The van der Waals surface area contributed by atoms with Crippen LogP contribution in [0.1, 0.15) is 52.4 Å². The van der Waals surface area contributed by atoms with E-state index in [4.69, 9.17) is 0 Å². The van der Waals surface area contributed by atoms with Crippen molar-refractivity contribution in [3.63, 3.8) is 0 Å². The van der Waals surface area contributed by atoms with Gasteiger partial charge in [0.25, 0.3) is 0 Å². The van der Waals surface area contributed by atoms with E-state index in [-0.39, 0.29) is 22.9 Å². The molecular weight excluding hydrogens is 236 g/mol. The Labute approximate surface area is 107 Å². The molecule has 0 aromatic rings. The molecule has 0 aromatic carbocycles. The number of ether oxygens (including phenoxy) is 1. The molecule has 0 saturated heterocycles. The Balaban J connectivity index is 2.48. The summed E-state index contributed by atoms with van der Waals surface area (Å²) < 4.78 is 16.9. The Morgan fingerprint density at radius 3 is 2.76 bits per heavy atom. The number of methoxy groups -OCH3 is 1. The summed E-state index contributed by atoms with van der Waals surface area (Å²) in [5.74, 6) is 0.469. The van der Waals surface area contributed by atoms with Crippen LogP contribution in [-0.2, 0) is 20.3 Å². The minimum atomic E-state index is -0.897. The second kappa shape index (κ2) is 7.14. The quantitative estimate of drug-likeness (QED) is 0.714. The Hall–Kier alpha value is -0.380. The topological polar surface area (TPSA) is 43.4 Å². The second-order valence-electron chi connectivity index (χ2n) is 4.98. The zero-order valence-corrected chi connectivity index (χ0v) is 11.9. The van der Waals surface area contributed by atoms with Gasteiger partial charge >= 0.3 is 5.97 Å². The van der Waals surface area contributed by atoms with Crippen LogP contribution >= 0.6 is 0 Å². The molecule has 1 rings (SSSR count). The summed E-state index contributed by atoms with van der Waals surface area (Å²) in [7, 11) is 0.484. The third-order valence-electron chi connectivity index (χ3n) is 3.72. The molecule has 100 valence electrons. The lowest BCUT2D eigenvalue weighted by atomic mass is 9.87. The Kier molecular flexibility index (Phi) is 6.17. The van der Waals surface area contributed by atoms with Gasteiger partial charge in [-0.15, -0.1) is 0 Å². The third kappa shape index (κ3) is 4.41. The number of esters is 1. The molecule has 1 saturated carbocycles. The lowest BCUT2D eigenvalue weighted by Gasteiger charge is -2.29. The van der Waals surface area contributed by atoms with Gasteiger partial charge in [-0.2, -0.15) is 0 Å². The van der Waals surface area contributed by atoms with Crippen LogP contribution in [0.2, 0.25) is 0 Å². The fraction of sp³-hybridized carbons (Fsp3) is 0.923. The largest absolute Gasteiger partial charge is 0.469 e. The minimum absolute atomic E-state index is 0.0805. The standard InChI is InChI=1S/C13H24O3S/c1-4-11-6-5-7-12(9-11)17(15)10(2)8-13(14)16-3/h10-12H,4-9H2,1-3H3. The van der Waals surface area contributed by atoms with Gasteiger partial charge in [0.15, 0.2) is 0 Å². The highest BCUT2D eigenvalue weighted by Crippen LogP contribution is 2.31. The summed E-state index contributed by atoms with van der Waals surface area (Å²) in [6.07, 6.45) is 6.02. The summed E-state index contributed by atoms with van der Waals surface area (Å²) >= 11 is 0. The molecule has 1 aliphatic rings. The molecule has 0 amide bonds. The molecule has 17 heavy (non-hydrogen) atoms. The van der Waals surface area contributed by atoms with Gasteiger partial charge in [-0.25, -0.2) is 0 Å². The molecule has 4 heteroatoms. The van der Waals surface area contributed by atoms with Crippen LogP contribution in [0.3, 0.4) is 0 Å². The summed E-state index contributed by atoms with van der Waals surface area (Å²) in [5, 5.41) is 0.205. The van der Waals surface area contributed by atoms with Crippen molar-refractivity contribution in [2.45, 2.75) is 62.9 Å².